The molecule has 0 fully saturated rings. The fourth-order valence-corrected chi connectivity index (χ4v) is 2.90. The summed E-state index contributed by atoms with van der Waals surface area (Å²) in [7, 11) is 0. The molecule has 0 bridgehead atoms. The zero-order valence-corrected chi connectivity index (χ0v) is 16.8. The van der Waals surface area contributed by atoms with E-state index in [-0.39, 0.29) is 5.97 Å². The van der Waals surface area contributed by atoms with Crippen molar-refractivity contribution in [2.24, 2.45) is 0 Å². The van der Waals surface area contributed by atoms with Gasteiger partial charge in [0, 0.05) is 24.0 Å². The van der Waals surface area contributed by atoms with Gasteiger partial charge in [0.25, 0.3) is 0 Å². The van der Waals surface area contributed by atoms with Gasteiger partial charge in [-0.25, -0.2) is 9.78 Å². The fourth-order valence-electron chi connectivity index (χ4n) is 2.90. The standard InChI is InChI=1S/C23H26N4O2/c1-3-29-22(28)19-11-13-20(14-12-19)26-21-16-17(2)25-23(27-21)24-15-7-10-18-8-5-4-6-9-18/h4-6,8-9,11-14,16H,3,7,10,15H2,1-2H3,(H2,24,25,26,27). The van der Waals surface area contributed by atoms with E-state index in [1.54, 1.807) is 19.1 Å². The zero-order valence-electron chi connectivity index (χ0n) is 16.8. The molecule has 1 aromatic heterocycles. The number of hydrogen-bond donors (Lipinski definition) is 2. The van der Waals surface area contributed by atoms with Crippen LogP contribution in [0.15, 0.2) is 60.7 Å². The van der Waals surface area contributed by atoms with Crippen LogP contribution >= 0.6 is 0 Å². The van der Waals surface area contributed by atoms with E-state index in [1.807, 2.05) is 31.2 Å². The van der Waals surface area contributed by atoms with Crippen LogP contribution in [-0.2, 0) is 11.2 Å². The number of carbonyl (C=O) groups excluding carboxylic acids is 1. The van der Waals surface area contributed by atoms with E-state index < -0.39 is 0 Å². The average molecular weight is 390 g/mol. The third kappa shape index (κ3) is 6.31. The summed E-state index contributed by atoms with van der Waals surface area (Å²) in [5, 5.41) is 6.55. The third-order valence-electron chi connectivity index (χ3n) is 4.29. The van der Waals surface area contributed by atoms with Crippen LogP contribution < -0.4 is 10.6 Å². The number of aromatic nitrogens is 2. The van der Waals surface area contributed by atoms with Gasteiger partial charge in [-0.2, -0.15) is 4.98 Å². The Morgan fingerprint density at radius 1 is 1.03 bits per heavy atom. The Labute approximate surface area is 171 Å². The first kappa shape index (κ1) is 20.3. The van der Waals surface area contributed by atoms with Crippen LogP contribution in [0.3, 0.4) is 0 Å². The van der Waals surface area contributed by atoms with Gasteiger partial charge in [0.15, 0.2) is 0 Å². The Morgan fingerprint density at radius 2 is 1.79 bits per heavy atom. The van der Waals surface area contributed by atoms with Crippen molar-refractivity contribution in [3.8, 4) is 0 Å². The van der Waals surface area contributed by atoms with Gasteiger partial charge in [0.2, 0.25) is 5.95 Å². The summed E-state index contributed by atoms with van der Waals surface area (Å²) in [5.74, 6) is 0.981. The molecular weight excluding hydrogens is 364 g/mol. The Hall–Kier alpha value is -3.41. The van der Waals surface area contributed by atoms with Gasteiger partial charge in [-0.3, -0.25) is 0 Å². The van der Waals surface area contributed by atoms with E-state index in [9.17, 15) is 4.79 Å². The van der Waals surface area contributed by atoms with Crippen LogP contribution in [0, 0.1) is 6.92 Å². The van der Waals surface area contributed by atoms with Crippen molar-refractivity contribution in [3.63, 3.8) is 0 Å². The van der Waals surface area contributed by atoms with Crippen LogP contribution in [0.5, 0.6) is 0 Å². The topological polar surface area (TPSA) is 76.1 Å². The van der Waals surface area contributed by atoms with Gasteiger partial charge in [0.1, 0.15) is 5.82 Å². The minimum absolute atomic E-state index is 0.320. The molecule has 0 radical (unpaired) electrons. The van der Waals surface area contributed by atoms with E-state index in [4.69, 9.17) is 4.74 Å². The number of carbonyl (C=O) groups is 1. The highest BCUT2D eigenvalue weighted by molar-refractivity contribution is 5.89. The first-order valence-electron chi connectivity index (χ1n) is 9.81. The normalized spacial score (nSPS) is 10.4. The molecule has 0 aliphatic rings. The summed E-state index contributed by atoms with van der Waals surface area (Å²) in [6.45, 7) is 4.89. The number of aryl methyl sites for hydroxylation is 2. The van der Waals surface area contributed by atoms with Crippen molar-refractivity contribution in [1.82, 2.24) is 9.97 Å². The Morgan fingerprint density at radius 3 is 2.52 bits per heavy atom. The molecule has 0 unspecified atom stereocenters. The molecule has 0 saturated carbocycles. The minimum atomic E-state index is -0.320. The van der Waals surface area contributed by atoms with Crippen molar-refractivity contribution in [2.75, 3.05) is 23.8 Å². The number of nitrogens with zero attached hydrogens (tertiary/aromatic N) is 2. The summed E-state index contributed by atoms with van der Waals surface area (Å²) in [4.78, 5) is 20.7. The molecular formula is C23H26N4O2. The average Bonchev–Trinajstić information content (AvgIpc) is 2.72. The van der Waals surface area contributed by atoms with E-state index in [2.05, 4.69) is 44.9 Å². The highest BCUT2D eigenvalue weighted by atomic mass is 16.5. The molecule has 3 aromatic rings. The molecule has 3 rings (SSSR count). The number of ether oxygens (including phenoxy) is 1. The molecule has 2 N–H and O–H groups in total. The van der Waals surface area contributed by atoms with Crippen LogP contribution in [0.2, 0.25) is 0 Å². The lowest BCUT2D eigenvalue weighted by Gasteiger charge is -2.10. The molecule has 150 valence electrons. The van der Waals surface area contributed by atoms with E-state index in [1.165, 1.54) is 5.56 Å². The predicted octanol–water partition coefficient (Wildman–Crippen LogP) is 4.75. The smallest absolute Gasteiger partial charge is 0.338 e. The Bertz CT molecular complexity index is 927. The monoisotopic (exact) mass is 390 g/mol. The van der Waals surface area contributed by atoms with Gasteiger partial charge in [-0.1, -0.05) is 30.3 Å². The molecule has 6 nitrogen and oxygen atoms in total. The fraction of sp³-hybridized carbons (Fsp3) is 0.261. The molecule has 0 spiro atoms. The summed E-state index contributed by atoms with van der Waals surface area (Å²) < 4.78 is 5.00. The summed E-state index contributed by atoms with van der Waals surface area (Å²) in [6.07, 6.45) is 2.01. The Balaban J connectivity index is 1.56. The molecule has 0 atom stereocenters. The SMILES string of the molecule is CCOC(=O)c1ccc(Nc2cc(C)nc(NCCCc3ccccc3)n2)cc1. The highest BCUT2D eigenvalue weighted by Crippen LogP contribution is 2.18. The molecule has 0 amide bonds. The number of benzene rings is 2. The predicted molar refractivity (Wildman–Crippen MR) is 116 cm³/mol. The number of anilines is 3. The summed E-state index contributed by atoms with van der Waals surface area (Å²) in [5.41, 5.74) is 3.56. The number of rotatable bonds is 9. The van der Waals surface area contributed by atoms with Crippen molar-refractivity contribution < 1.29 is 9.53 Å². The van der Waals surface area contributed by atoms with Crippen molar-refractivity contribution in [2.45, 2.75) is 26.7 Å². The largest absolute Gasteiger partial charge is 0.462 e. The molecule has 0 aliphatic carbocycles. The molecule has 1 heterocycles. The summed E-state index contributed by atoms with van der Waals surface area (Å²) >= 11 is 0. The van der Waals surface area contributed by atoms with Gasteiger partial charge in [-0.05, 0) is 56.5 Å². The Kier molecular flexibility index (Phi) is 7.16. The molecule has 0 aliphatic heterocycles. The zero-order chi connectivity index (χ0) is 20.5. The van der Waals surface area contributed by atoms with Crippen LogP contribution in [0.25, 0.3) is 0 Å². The molecule has 0 saturated heterocycles. The molecule has 6 heteroatoms. The van der Waals surface area contributed by atoms with Gasteiger partial charge in [-0.15, -0.1) is 0 Å². The second kappa shape index (κ2) is 10.2. The van der Waals surface area contributed by atoms with Gasteiger partial charge in [0.05, 0.1) is 12.2 Å². The summed E-state index contributed by atoms with van der Waals surface area (Å²) in [6, 6.07) is 19.4. The van der Waals surface area contributed by atoms with Crippen molar-refractivity contribution >= 4 is 23.4 Å². The van der Waals surface area contributed by atoms with Crippen molar-refractivity contribution in [3.05, 3.63) is 77.5 Å². The minimum Gasteiger partial charge on any atom is -0.462 e. The maximum Gasteiger partial charge on any atom is 0.338 e. The van der Waals surface area contributed by atoms with Crippen molar-refractivity contribution in [1.29, 1.82) is 0 Å². The molecule has 2 aromatic carbocycles. The molecule has 29 heavy (non-hydrogen) atoms. The van der Waals surface area contributed by atoms with E-state index in [0.29, 0.717) is 23.9 Å². The second-order valence-corrected chi connectivity index (χ2v) is 6.66. The number of hydrogen-bond acceptors (Lipinski definition) is 6. The quantitative estimate of drug-likeness (QED) is 0.406. The lowest BCUT2D eigenvalue weighted by atomic mass is 10.1. The van der Waals surface area contributed by atoms with Crippen LogP contribution in [0.4, 0.5) is 17.5 Å². The van der Waals surface area contributed by atoms with Crippen LogP contribution in [-0.4, -0.2) is 29.1 Å². The lowest BCUT2D eigenvalue weighted by molar-refractivity contribution is 0.0526. The lowest BCUT2D eigenvalue weighted by Crippen LogP contribution is -2.08. The third-order valence-corrected chi connectivity index (χ3v) is 4.29. The second-order valence-electron chi connectivity index (χ2n) is 6.66. The maximum absolute atomic E-state index is 11.7. The number of esters is 1. The highest BCUT2D eigenvalue weighted by Gasteiger charge is 2.07. The van der Waals surface area contributed by atoms with Crippen LogP contribution in [0.1, 0.15) is 35.0 Å². The first-order valence-corrected chi connectivity index (χ1v) is 9.81. The van der Waals surface area contributed by atoms with Gasteiger partial charge >= 0.3 is 5.97 Å². The first-order chi connectivity index (χ1) is 14.1. The maximum atomic E-state index is 11.7. The van der Waals surface area contributed by atoms with E-state index >= 15 is 0 Å². The number of nitrogens with one attached hydrogen (secondary N) is 2. The van der Waals surface area contributed by atoms with Gasteiger partial charge < -0.3 is 15.4 Å². The van der Waals surface area contributed by atoms with E-state index in [0.717, 1.165) is 30.8 Å².